The summed E-state index contributed by atoms with van der Waals surface area (Å²) in [5, 5.41) is 0. The first kappa shape index (κ1) is 42.9. The molecular formula is C50H54Cl2Zr-2. The molecule has 8 rings (SSSR count). The van der Waals surface area contributed by atoms with Gasteiger partial charge in [0.25, 0.3) is 0 Å². The molecule has 0 aliphatic heterocycles. The SMILES string of the molecule is CC1=[C-]C(C)(C)c2cc3c(cc21)-c1cc2c(cc1C3)C(C)(C)C=C2C.CCC1=[C-]C(C)C=C1C(C)(C)C.[Cl-].[Cl-].[Zr+2]=[C](c1ccccc1)c1ccccc1. The van der Waals surface area contributed by atoms with Crippen LogP contribution in [-0.4, -0.2) is 3.21 Å². The summed E-state index contributed by atoms with van der Waals surface area (Å²) in [5.41, 5.74) is 20.4. The van der Waals surface area contributed by atoms with Gasteiger partial charge in [-0.05, 0) is 58.4 Å². The van der Waals surface area contributed by atoms with Crippen molar-refractivity contribution in [3.63, 3.8) is 0 Å². The van der Waals surface area contributed by atoms with E-state index in [1.165, 1.54) is 105 Å². The van der Waals surface area contributed by atoms with Crippen molar-refractivity contribution in [3.05, 3.63) is 165 Å². The summed E-state index contributed by atoms with van der Waals surface area (Å²) in [5.74, 6) is 0.522. The van der Waals surface area contributed by atoms with Gasteiger partial charge < -0.3 is 24.8 Å². The van der Waals surface area contributed by atoms with Crippen LogP contribution in [0.15, 0.2) is 108 Å². The number of fused-ring (bicyclic) bond motifs is 5. The van der Waals surface area contributed by atoms with Crippen molar-refractivity contribution in [1.82, 2.24) is 0 Å². The second-order valence-electron chi connectivity index (χ2n) is 16.9. The fourth-order valence-corrected chi connectivity index (χ4v) is 9.21. The summed E-state index contributed by atoms with van der Waals surface area (Å²) in [4.78, 5) is 0. The molecule has 0 heterocycles. The number of hydrogen-bond donors (Lipinski definition) is 0. The zero-order chi connectivity index (χ0) is 36.9. The van der Waals surface area contributed by atoms with E-state index in [-0.39, 0.29) is 35.6 Å². The predicted octanol–water partition coefficient (Wildman–Crippen LogP) is 7.01. The van der Waals surface area contributed by atoms with Crippen LogP contribution in [0.25, 0.3) is 22.3 Å². The van der Waals surface area contributed by atoms with Gasteiger partial charge in [-0.3, -0.25) is 12.2 Å². The Bertz CT molecular complexity index is 1990. The molecule has 4 aliphatic rings. The van der Waals surface area contributed by atoms with Crippen LogP contribution < -0.4 is 24.8 Å². The van der Waals surface area contributed by atoms with Gasteiger partial charge in [0, 0.05) is 5.41 Å². The molecule has 3 heteroatoms. The van der Waals surface area contributed by atoms with Crippen LogP contribution in [0.5, 0.6) is 0 Å². The molecule has 4 aromatic carbocycles. The number of hydrogen-bond acceptors (Lipinski definition) is 0. The third kappa shape index (κ3) is 8.85. The zero-order valence-corrected chi connectivity index (χ0v) is 37.5. The summed E-state index contributed by atoms with van der Waals surface area (Å²) >= 11 is 1.46. The van der Waals surface area contributed by atoms with Crippen LogP contribution in [0.1, 0.15) is 127 Å². The molecule has 0 fully saturated rings. The van der Waals surface area contributed by atoms with Gasteiger partial charge in [-0.15, -0.1) is 11.6 Å². The molecule has 4 aromatic rings. The third-order valence-corrected chi connectivity index (χ3v) is 12.3. The molecule has 0 N–H and O–H groups in total. The van der Waals surface area contributed by atoms with E-state index in [4.69, 9.17) is 0 Å². The monoisotopic (exact) mass is 814 g/mol. The van der Waals surface area contributed by atoms with Gasteiger partial charge >= 0.3 is 99.2 Å². The normalized spacial score (nSPS) is 17.7. The van der Waals surface area contributed by atoms with Crippen LogP contribution >= 0.6 is 0 Å². The summed E-state index contributed by atoms with van der Waals surface area (Å²) in [7, 11) is 0. The standard InChI is InChI=1S/C25H25.C13H10.C12H19.2ClH.Zr/c1-14-12-24(3,4)22-8-16-7-17-9-23-19(15(2)13-25(23,5)6)11-21(17)20(16)10-18(14)22;1-3-7-12(8-4-1)11-13-9-5-2-6-10-13;1-6-10-7-9(2)8-11(10)12(3,4)5;;;/h8-12H,7H2,1-6H3;1-10H;8-9H,6H2,1-5H3;2*1H;/q-1;;-1;;;+2/p-2. The summed E-state index contributed by atoms with van der Waals surface area (Å²) in [6.07, 6.45) is 14.1. The quantitative estimate of drug-likeness (QED) is 0.172. The molecule has 0 saturated carbocycles. The second kappa shape index (κ2) is 16.5. The molecule has 0 nitrogen and oxygen atoms in total. The van der Waals surface area contributed by atoms with Gasteiger partial charge in [0.2, 0.25) is 0 Å². The molecule has 274 valence electrons. The van der Waals surface area contributed by atoms with Crippen molar-refractivity contribution >= 4 is 14.4 Å². The van der Waals surface area contributed by atoms with Crippen molar-refractivity contribution in [1.29, 1.82) is 0 Å². The third-order valence-electron chi connectivity index (χ3n) is 10.9. The predicted molar refractivity (Wildman–Crippen MR) is 217 cm³/mol. The molecule has 0 aromatic heterocycles. The maximum absolute atomic E-state index is 3.65. The summed E-state index contributed by atoms with van der Waals surface area (Å²) in [6.45, 7) is 24.9. The first-order valence-corrected chi connectivity index (χ1v) is 19.9. The maximum atomic E-state index is 3.65. The Labute approximate surface area is 348 Å². The molecule has 0 amide bonds. The molecule has 1 unspecified atom stereocenters. The van der Waals surface area contributed by atoms with Crippen LogP contribution in [0.2, 0.25) is 0 Å². The molecule has 0 bridgehead atoms. The summed E-state index contributed by atoms with van der Waals surface area (Å²) in [6, 6.07) is 30.9. The number of allylic oxidation sites excluding steroid dienone is 8. The van der Waals surface area contributed by atoms with Gasteiger partial charge in [-0.1, -0.05) is 111 Å². The van der Waals surface area contributed by atoms with Crippen molar-refractivity contribution < 1.29 is 49.0 Å². The first-order valence-electron chi connectivity index (χ1n) is 18.7. The van der Waals surface area contributed by atoms with Gasteiger partial charge in [0.1, 0.15) is 0 Å². The molecule has 0 saturated heterocycles. The van der Waals surface area contributed by atoms with Crippen molar-refractivity contribution in [3.8, 4) is 11.1 Å². The average molecular weight is 817 g/mol. The Kier molecular flexibility index (Phi) is 13.4. The fourth-order valence-electron chi connectivity index (χ4n) is 8.39. The van der Waals surface area contributed by atoms with E-state index in [1.807, 2.05) is 0 Å². The van der Waals surface area contributed by atoms with Gasteiger partial charge in [-0.2, -0.15) is 17.2 Å². The molecule has 0 spiro atoms. The van der Waals surface area contributed by atoms with E-state index in [0.29, 0.717) is 11.3 Å². The van der Waals surface area contributed by atoms with E-state index in [0.717, 1.165) is 12.8 Å². The topological polar surface area (TPSA) is 0 Å². The Morgan fingerprint density at radius 1 is 0.755 bits per heavy atom. The number of rotatable bonds is 3. The van der Waals surface area contributed by atoms with E-state index < -0.39 is 0 Å². The Morgan fingerprint density at radius 3 is 1.75 bits per heavy atom. The van der Waals surface area contributed by atoms with Crippen LogP contribution in [0.4, 0.5) is 0 Å². The first-order chi connectivity index (χ1) is 24.0. The number of halogens is 2. The fraction of sp³-hybridized carbons (Fsp3) is 0.340. The Morgan fingerprint density at radius 2 is 1.26 bits per heavy atom. The van der Waals surface area contributed by atoms with Gasteiger partial charge in [0.15, 0.2) is 0 Å². The summed E-state index contributed by atoms with van der Waals surface area (Å²) < 4.78 is 1.42. The van der Waals surface area contributed by atoms with E-state index >= 15 is 0 Å². The van der Waals surface area contributed by atoms with Crippen LogP contribution in [-0.2, 0) is 41.5 Å². The van der Waals surface area contributed by atoms with Crippen molar-refractivity contribution in [2.45, 2.75) is 99.8 Å². The second-order valence-corrected chi connectivity index (χ2v) is 18.1. The Balaban J connectivity index is 0.000000192. The van der Waals surface area contributed by atoms with Gasteiger partial charge in [-0.25, -0.2) is 11.1 Å². The zero-order valence-electron chi connectivity index (χ0n) is 33.5. The van der Waals surface area contributed by atoms with Crippen molar-refractivity contribution in [2.75, 3.05) is 0 Å². The van der Waals surface area contributed by atoms with E-state index in [2.05, 4.69) is 185 Å². The van der Waals surface area contributed by atoms with Crippen molar-refractivity contribution in [2.24, 2.45) is 11.3 Å². The van der Waals surface area contributed by atoms with Gasteiger partial charge in [0.05, 0.1) is 0 Å². The van der Waals surface area contributed by atoms with E-state index in [1.54, 1.807) is 0 Å². The minimum absolute atomic E-state index is 0. The average Bonchev–Trinajstić information content (AvgIpc) is 3.78. The van der Waals surface area contributed by atoms with Crippen LogP contribution in [0, 0.1) is 23.5 Å². The molecule has 4 aliphatic carbocycles. The number of benzene rings is 4. The molecule has 1 atom stereocenters. The molecule has 0 radical (unpaired) electrons. The molecule has 53 heavy (non-hydrogen) atoms. The van der Waals surface area contributed by atoms with E-state index in [9.17, 15) is 0 Å². The minimum atomic E-state index is 0. The molecular weight excluding hydrogens is 763 g/mol. The van der Waals surface area contributed by atoms with Crippen LogP contribution in [0.3, 0.4) is 0 Å². The Hall–Kier alpha value is -2.83.